The third-order valence-electron chi connectivity index (χ3n) is 3.97. The summed E-state index contributed by atoms with van der Waals surface area (Å²) in [6.07, 6.45) is -1.70. The van der Waals surface area contributed by atoms with Crippen LogP contribution in [0.15, 0.2) is 6.33 Å². The lowest BCUT2D eigenvalue weighted by molar-refractivity contribution is -0.0946. The number of nitrogens with zero attached hydrogens (tertiary/aromatic N) is 4. The van der Waals surface area contributed by atoms with Crippen LogP contribution in [0.5, 0.6) is 0 Å². The summed E-state index contributed by atoms with van der Waals surface area (Å²) >= 11 is 0. The predicted octanol–water partition coefficient (Wildman–Crippen LogP) is -0.317. The number of aliphatic hydroxyl groups excluding tert-OH is 1. The van der Waals surface area contributed by atoms with Crippen molar-refractivity contribution >= 4 is 31.6 Å². The van der Waals surface area contributed by atoms with Gasteiger partial charge in [0.05, 0.1) is 12.9 Å². The second kappa shape index (κ2) is 6.19. The van der Waals surface area contributed by atoms with Crippen molar-refractivity contribution in [3.05, 3.63) is 6.33 Å². The molecule has 0 saturated carbocycles. The Labute approximate surface area is 138 Å². The van der Waals surface area contributed by atoms with Crippen LogP contribution in [0.25, 0.3) is 11.2 Å². The number of hydrogen-bond donors (Lipinski definition) is 4. The number of nitrogens with one attached hydrogen (secondary N) is 1. The number of rotatable bonds is 5. The lowest BCUT2D eigenvalue weighted by atomic mass is 9.96. The van der Waals surface area contributed by atoms with Crippen LogP contribution in [0, 0.1) is 0 Å². The normalized spacial score (nSPS) is 30.2. The van der Waals surface area contributed by atoms with Gasteiger partial charge in [0.1, 0.15) is 17.8 Å². The van der Waals surface area contributed by atoms with Crippen LogP contribution in [0.4, 0.5) is 11.8 Å². The summed E-state index contributed by atoms with van der Waals surface area (Å²) in [5.74, 6) is 0.455. The molecule has 1 aliphatic heterocycles. The van der Waals surface area contributed by atoms with Gasteiger partial charge in [-0.1, -0.05) is 0 Å². The Morgan fingerprint density at radius 2 is 2.33 bits per heavy atom. The predicted molar refractivity (Wildman–Crippen MR) is 83.4 cm³/mol. The number of nitrogens with two attached hydrogens (primary N) is 1. The van der Waals surface area contributed by atoms with Gasteiger partial charge in [-0.05, 0) is 6.92 Å². The lowest BCUT2D eigenvalue weighted by Gasteiger charge is -2.27. The van der Waals surface area contributed by atoms with E-state index in [0.29, 0.717) is 17.0 Å². The molecule has 1 fully saturated rings. The van der Waals surface area contributed by atoms with Crippen molar-refractivity contribution in [1.82, 2.24) is 19.5 Å². The third kappa shape index (κ3) is 2.60. The van der Waals surface area contributed by atoms with Gasteiger partial charge in [-0.15, -0.1) is 0 Å². The van der Waals surface area contributed by atoms with Gasteiger partial charge in [0.15, 0.2) is 23.2 Å². The quantitative estimate of drug-likeness (QED) is 0.523. The molecule has 3 heterocycles. The van der Waals surface area contributed by atoms with Crippen LogP contribution in [-0.2, 0) is 13.8 Å². The maximum Gasteiger partial charge on any atom is 0.327 e. The Bertz CT molecular complexity index is 768. The van der Waals surface area contributed by atoms with E-state index in [4.69, 9.17) is 15.0 Å². The van der Waals surface area contributed by atoms with Crippen LogP contribution >= 0.6 is 8.69 Å². The van der Waals surface area contributed by atoms with Crippen LogP contribution < -0.4 is 11.1 Å². The molecule has 1 aliphatic rings. The highest BCUT2D eigenvalue weighted by Gasteiger charge is 2.53. The fourth-order valence-electron chi connectivity index (χ4n) is 2.76. The summed E-state index contributed by atoms with van der Waals surface area (Å²) in [4.78, 5) is 12.4. The van der Waals surface area contributed by atoms with Crippen molar-refractivity contribution in [2.24, 2.45) is 0 Å². The molecule has 1 unspecified atom stereocenters. The fraction of sp³-hybridized carbons (Fsp3) is 0.583. The molecule has 4 atom stereocenters. The third-order valence-corrected chi connectivity index (χ3v) is 4.23. The average Bonchev–Trinajstić information content (AvgIpc) is 3.05. The summed E-state index contributed by atoms with van der Waals surface area (Å²) < 4.78 is 22.3. The molecule has 5 N–H and O–H groups in total. The van der Waals surface area contributed by atoms with Crippen LogP contribution in [-0.4, -0.2) is 61.2 Å². The molecule has 0 radical (unpaired) electrons. The minimum absolute atomic E-state index is 0.0248. The molecule has 0 bridgehead atoms. The number of aliphatic hydroxyl groups is 2. The molecule has 2 aromatic heterocycles. The van der Waals surface area contributed by atoms with Crippen molar-refractivity contribution in [2.75, 3.05) is 24.7 Å². The highest BCUT2D eigenvalue weighted by molar-refractivity contribution is 7.17. The zero-order valence-electron chi connectivity index (χ0n) is 12.9. The topological polar surface area (TPSA) is 158 Å². The van der Waals surface area contributed by atoms with E-state index in [0.717, 1.165) is 0 Å². The smallest absolute Gasteiger partial charge is 0.327 e. The lowest BCUT2D eigenvalue weighted by Crippen LogP contribution is -2.44. The van der Waals surface area contributed by atoms with Crippen molar-refractivity contribution in [3.8, 4) is 0 Å². The summed E-state index contributed by atoms with van der Waals surface area (Å²) in [6.45, 7) is 1.27. The second-order valence-electron chi connectivity index (χ2n) is 5.57. The zero-order valence-corrected chi connectivity index (χ0v) is 13.8. The molecule has 0 amide bonds. The molecule has 0 aromatic carbocycles. The van der Waals surface area contributed by atoms with Gasteiger partial charge in [0.25, 0.3) is 0 Å². The van der Waals surface area contributed by atoms with Crippen LogP contribution in [0.1, 0.15) is 13.2 Å². The minimum Gasteiger partial charge on any atom is -0.387 e. The first-order chi connectivity index (χ1) is 11.4. The Morgan fingerprint density at radius 3 is 3.00 bits per heavy atom. The van der Waals surface area contributed by atoms with E-state index >= 15 is 0 Å². The summed E-state index contributed by atoms with van der Waals surface area (Å²) in [5, 5.41) is 23.8. The van der Waals surface area contributed by atoms with E-state index in [1.807, 2.05) is 0 Å². The van der Waals surface area contributed by atoms with Gasteiger partial charge < -0.3 is 26.0 Å². The van der Waals surface area contributed by atoms with Gasteiger partial charge in [-0.3, -0.25) is 9.09 Å². The molecular weight excluding hydrogens is 339 g/mol. The second-order valence-corrected chi connectivity index (χ2v) is 5.98. The van der Waals surface area contributed by atoms with Crippen molar-refractivity contribution < 1.29 is 24.0 Å². The molecule has 24 heavy (non-hydrogen) atoms. The molecule has 0 spiro atoms. The molecule has 0 aliphatic carbocycles. The largest absolute Gasteiger partial charge is 0.387 e. The number of nitrogen functional groups attached to an aromatic ring is 1. The summed E-state index contributed by atoms with van der Waals surface area (Å²) in [6, 6.07) is 0. The number of anilines is 2. The number of aromatic nitrogens is 4. The highest BCUT2D eigenvalue weighted by Crippen LogP contribution is 2.40. The Hall–Kier alpha value is -1.91. The molecule has 11 nitrogen and oxygen atoms in total. The van der Waals surface area contributed by atoms with Crippen LogP contribution in [0.2, 0.25) is 0 Å². The summed E-state index contributed by atoms with van der Waals surface area (Å²) in [5.41, 5.74) is 4.83. The van der Waals surface area contributed by atoms with Gasteiger partial charge in [-0.25, -0.2) is 9.55 Å². The van der Waals surface area contributed by atoms with Crippen LogP contribution in [0.3, 0.4) is 0 Å². The van der Waals surface area contributed by atoms with Gasteiger partial charge in [0, 0.05) is 7.05 Å². The number of ether oxygens (including phenoxy) is 1. The SMILES string of the molecule is CNc1nc(N)nc2c1ncn2[C@@H]1O[C@H](COP=O)C(O)[C@@]1(C)O. The van der Waals surface area contributed by atoms with Gasteiger partial charge in [0.2, 0.25) is 5.95 Å². The summed E-state index contributed by atoms with van der Waals surface area (Å²) in [7, 11) is 1.13. The Morgan fingerprint density at radius 1 is 1.58 bits per heavy atom. The molecule has 3 rings (SSSR count). The van der Waals surface area contributed by atoms with Crippen molar-refractivity contribution in [2.45, 2.75) is 31.0 Å². The maximum atomic E-state index is 10.7. The van der Waals surface area contributed by atoms with Crippen molar-refractivity contribution in [1.29, 1.82) is 0 Å². The molecule has 2 aromatic rings. The minimum atomic E-state index is -1.65. The first-order valence-electron chi connectivity index (χ1n) is 7.08. The average molecular weight is 356 g/mol. The Balaban J connectivity index is 2.03. The molecule has 12 heteroatoms. The first-order valence-corrected chi connectivity index (χ1v) is 7.81. The van der Waals surface area contributed by atoms with Gasteiger partial charge >= 0.3 is 8.69 Å². The molecular formula is C12H17N6O5P. The van der Waals surface area contributed by atoms with E-state index in [2.05, 4.69) is 20.3 Å². The highest BCUT2D eigenvalue weighted by atomic mass is 31.1. The van der Waals surface area contributed by atoms with E-state index < -0.39 is 32.7 Å². The monoisotopic (exact) mass is 356 g/mol. The van der Waals surface area contributed by atoms with E-state index in [1.165, 1.54) is 17.8 Å². The molecule has 1 saturated heterocycles. The number of hydrogen-bond acceptors (Lipinski definition) is 10. The van der Waals surface area contributed by atoms with Gasteiger partial charge in [-0.2, -0.15) is 9.97 Å². The number of fused-ring (bicyclic) bond motifs is 1. The number of imidazole rings is 1. The van der Waals surface area contributed by atoms with E-state index in [9.17, 15) is 14.8 Å². The molecule has 130 valence electrons. The van der Waals surface area contributed by atoms with E-state index in [-0.39, 0.29) is 12.6 Å². The fourth-order valence-corrected chi connectivity index (χ4v) is 2.97. The maximum absolute atomic E-state index is 10.7. The van der Waals surface area contributed by atoms with Crippen molar-refractivity contribution in [3.63, 3.8) is 0 Å². The Kier molecular flexibility index (Phi) is 4.37. The standard InChI is InChI=1S/C12H17N6O5P/c1-12(20)7(19)5(3-22-24-21)23-10(12)18-4-15-6-8(14-2)16-11(13)17-9(6)18/h4-5,7,10,19-20H,3H2,1-2H3,(H3,13,14,16,17)/t5-,7?,10-,12-/m1/s1. The first kappa shape index (κ1) is 16.9. The van der Waals surface area contributed by atoms with E-state index in [1.54, 1.807) is 7.05 Å². The zero-order chi connectivity index (χ0) is 17.5.